The number of benzene rings is 2. The van der Waals surface area contributed by atoms with Gasteiger partial charge in [0.05, 0.1) is 0 Å². The third-order valence-electron chi connectivity index (χ3n) is 3.43. The van der Waals surface area contributed by atoms with Crippen LogP contribution in [0.4, 0.5) is 0 Å². The SMILES string of the molecule is CC(Br)(C(=O)O)c1ccc(O)cc1.O=C(O)C(Br)Cc1ccc(O)cc1. The molecule has 8 heteroatoms. The molecule has 2 aromatic carbocycles. The molecule has 0 saturated heterocycles. The van der Waals surface area contributed by atoms with Gasteiger partial charge in [0, 0.05) is 0 Å². The molecule has 0 aliphatic rings. The van der Waals surface area contributed by atoms with Crippen molar-refractivity contribution in [2.24, 2.45) is 0 Å². The topological polar surface area (TPSA) is 115 Å². The van der Waals surface area contributed by atoms with E-state index in [1.165, 1.54) is 24.3 Å². The number of phenolic OH excluding ortho intramolecular Hbond substituents is 2. The molecule has 0 fully saturated rings. The van der Waals surface area contributed by atoms with E-state index >= 15 is 0 Å². The fraction of sp³-hybridized carbons (Fsp3) is 0.222. The van der Waals surface area contributed by atoms with Crippen LogP contribution in [0.15, 0.2) is 48.5 Å². The van der Waals surface area contributed by atoms with Gasteiger partial charge in [-0.05, 0) is 48.7 Å². The molecule has 4 N–H and O–H groups in total. The zero-order valence-electron chi connectivity index (χ0n) is 13.8. The molecule has 140 valence electrons. The number of phenols is 2. The zero-order valence-corrected chi connectivity index (χ0v) is 16.9. The highest BCUT2D eigenvalue weighted by molar-refractivity contribution is 9.10. The van der Waals surface area contributed by atoms with Gasteiger partial charge in [0.2, 0.25) is 0 Å². The molecule has 0 spiro atoms. The minimum Gasteiger partial charge on any atom is -0.508 e. The van der Waals surface area contributed by atoms with Gasteiger partial charge in [-0.15, -0.1) is 0 Å². The second-order valence-corrected chi connectivity index (χ2v) is 8.22. The first-order chi connectivity index (χ1) is 12.0. The Morgan fingerprint density at radius 1 is 0.962 bits per heavy atom. The Balaban J connectivity index is 0.000000260. The van der Waals surface area contributed by atoms with Crippen LogP contribution in [0.25, 0.3) is 0 Å². The van der Waals surface area contributed by atoms with Crippen LogP contribution in [0.5, 0.6) is 11.5 Å². The third-order valence-corrected chi connectivity index (χ3v) is 4.94. The van der Waals surface area contributed by atoms with E-state index in [0.717, 1.165) is 5.56 Å². The van der Waals surface area contributed by atoms with Gasteiger partial charge in [-0.3, -0.25) is 9.59 Å². The van der Waals surface area contributed by atoms with Crippen LogP contribution < -0.4 is 0 Å². The van der Waals surface area contributed by atoms with Crippen molar-refractivity contribution in [3.63, 3.8) is 0 Å². The van der Waals surface area contributed by atoms with Crippen LogP contribution in [-0.4, -0.2) is 37.2 Å². The van der Waals surface area contributed by atoms with E-state index in [4.69, 9.17) is 20.4 Å². The molecule has 0 heterocycles. The molecule has 26 heavy (non-hydrogen) atoms. The summed E-state index contributed by atoms with van der Waals surface area (Å²) in [5.41, 5.74) is 1.47. The van der Waals surface area contributed by atoms with Crippen molar-refractivity contribution in [2.75, 3.05) is 0 Å². The first kappa shape index (κ1) is 22.0. The van der Waals surface area contributed by atoms with E-state index in [1.807, 2.05) is 0 Å². The van der Waals surface area contributed by atoms with Crippen molar-refractivity contribution in [1.82, 2.24) is 0 Å². The quantitative estimate of drug-likeness (QED) is 0.474. The van der Waals surface area contributed by atoms with Crippen molar-refractivity contribution in [3.05, 3.63) is 59.7 Å². The van der Waals surface area contributed by atoms with Gasteiger partial charge in [0.15, 0.2) is 0 Å². The van der Waals surface area contributed by atoms with Gasteiger partial charge in [-0.1, -0.05) is 56.1 Å². The minimum absolute atomic E-state index is 0.123. The van der Waals surface area contributed by atoms with Crippen molar-refractivity contribution < 1.29 is 30.0 Å². The molecule has 0 amide bonds. The maximum Gasteiger partial charge on any atom is 0.324 e. The lowest BCUT2D eigenvalue weighted by Gasteiger charge is -2.17. The number of aromatic hydroxyl groups is 2. The van der Waals surface area contributed by atoms with E-state index in [1.54, 1.807) is 31.2 Å². The van der Waals surface area contributed by atoms with E-state index in [0.29, 0.717) is 12.0 Å². The molecule has 2 atom stereocenters. The lowest BCUT2D eigenvalue weighted by atomic mass is 10.0. The number of rotatable bonds is 5. The first-order valence-electron chi connectivity index (χ1n) is 7.40. The number of carbonyl (C=O) groups is 2. The summed E-state index contributed by atoms with van der Waals surface area (Å²) < 4.78 is -1.10. The number of alkyl halides is 2. The lowest BCUT2D eigenvalue weighted by molar-refractivity contribution is -0.139. The minimum atomic E-state index is -1.10. The summed E-state index contributed by atoms with van der Waals surface area (Å²) in [6.45, 7) is 1.54. The standard InChI is InChI=1S/2C9H9BrO3/c1-9(10,8(12)13)6-2-4-7(11)5-3-6;10-8(9(12)13)5-6-1-3-7(11)4-2-6/h2-5,11H,1H3,(H,12,13);1-4,8,11H,5H2,(H,12,13). The second kappa shape index (κ2) is 9.59. The fourth-order valence-electron chi connectivity index (χ4n) is 1.82. The average molecular weight is 490 g/mol. The predicted molar refractivity (Wildman–Crippen MR) is 104 cm³/mol. The number of carboxylic acids is 2. The summed E-state index contributed by atoms with van der Waals surface area (Å²) in [6.07, 6.45) is 0.412. The Morgan fingerprint density at radius 3 is 1.77 bits per heavy atom. The molecular weight excluding hydrogens is 472 g/mol. The van der Waals surface area contributed by atoms with Gasteiger partial charge < -0.3 is 20.4 Å². The highest BCUT2D eigenvalue weighted by Crippen LogP contribution is 2.31. The summed E-state index contributed by atoms with van der Waals surface area (Å²) in [5.74, 6) is -1.53. The van der Waals surface area contributed by atoms with Crippen LogP contribution in [0.2, 0.25) is 0 Å². The summed E-state index contributed by atoms with van der Waals surface area (Å²) in [6, 6.07) is 12.5. The van der Waals surface area contributed by atoms with Gasteiger partial charge in [-0.2, -0.15) is 0 Å². The Kier molecular flexibility index (Phi) is 8.10. The van der Waals surface area contributed by atoms with Gasteiger partial charge in [0.1, 0.15) is 20.7 Å². The molecule has 0 aliphatic carbocycles. The average Bonchev–Trinajstić information content (AvgIpc) is 2.57. The van der Waals surface area contributed by atoms with Gasteiger partial charge in [0.25, 0.3) is 0 Å². The van der Waals surface area contributed by atoms with Crippen molar-refractivity contribution in [3.8, 4) is 11.5 Å². The number of hydrogen-bond acceptors (Lipinski definition) is 4. The molecule has 0 saturated carbocycles. The molecule has 0 aliphatic heterocycles. The molecule has 0 radical (unpaired) electrons. The highest BCUT2D eigenvalue weighted by atomic mass is 79.9. The Labute approximate surface area is 167 Å². The van der Waals surface area contributed by atoms with Crippen LogP contribution in [0, 0.1) is 0 Å². The molecular formula is C18H18Br2O6. The first-order valence-corrected chi connectivity index (χ1v) is 9.11. The largest absolute Gasteiger partial charge is 0.508 e. The van der Waals surface area contributed by atoms with E-state index in [2.05, 4.69) is 31.9 Å². The van der Waals surface area contributed by atoms with Crippen molar-refractivity contribution in [1.29, 1.82) is 0 Å². The smallest absolute Gasteiger partial charge is 0.324 e. The van der Waals surface area contributed by atoms with Crippen LogP contribution >= 0.6 is 31.9 Å². The number of carboxylic acid groups (broad SMARTS) is 2. The van der Waals surface area contributed by atoms with Crippen molar-refractivity contribution >= 4 is 43.8 Å². The number of hydrogen-bond donors (Lipinski definition) is 4. The third kappa shape index (κ3) is 6.68. The molecule has 2 unspecified atom stereocenters. The van der Waals surface area contributed by atoms with Gasteiger partial charge in [-0.25, -0.2) is 0 Å². The van der Waals surface area contributed by atoms with Crippen molar-refractivity contribution in [2.45, 2.75) is 22.5 Å². The number of halogens is 2. The normalized spacial score (nSPS) is 13.7. The summed E-state index contributed by atoms with van der Waals surface area (Å²) in [5, 5.41) is 35.4. The maximum absolute atomic E-state index is 10.8. The molecule has 2 aromatic rings. The molecule has 0 aromatic heterocycles. The molecule has 2 rings (SSSR count). The predicted octanol–water partition coefficient (Wildman–Crippen LogP) is 3.87. The summed E-state index contributed by atoms with van der Waals surface area (Å²) >= 11 is 6.13. The van der Waals surface area contributed by atoms with Crippen LogP contribution in [-0.2, 0) is 20.3 Å². The Bertz CT molecular complexity index is 741. The molecule has 0 bridgehead atoms. The van der Waals surface area contributed by atoms with Crippen LogP contribution in [0.1, 0.15) is 18.1 Å². The van der Waals surface area contributed by atoms with E-state index in [-0.39, 0.29) is 11.5 Å². The summed E-state index contributed by atoms with van der Waals surface area (Å²) in [4.78, 5) is 20.7. The Morgan fingerprint density at radius 2 is 1.38 bits per heavy atom. The number of aliphatic carboxylic acids is 2. The van der Waals surface area contributed by atoms with E-state index in [9.17, 15) is 9.59 Å². The van der Waals surface area contributed by atoms with Gasteiger partial charge >= 0.3 is 11.9 Å². The zero-order chi connectivity index (χ0) is 19.9. The summed E-state index contributed by atoms with van der Waals surface area (Å²) in [7, 11) is 0. The molecule has 6 nitrogen and oxygen atoms in total. The maximum atomic E-state index is 10.8. The lowest BCUT2D eigenvalue weighted by Crippen LogP contribution is -2.24. The van der Waals surface area contributed by atoms with Crippen LogP contribution in [0.3, 0.4) is 0 Å². The van der Waals surface area contributed by atoms with E-state index < -0.39 is 21.1 Å². The Hall–Kier alpha value is -2.06. The monoisotopic (exact) mass is 488 g/mol. The highest BCUT2D eigenvalue weighted by Gasteiger charge is 2.31. The second-order valence-electron chi connectivity index (χ2n) is 5.53. The fourth-order valence-corrected chi connectivity index (χ4v) is 2.46.